The number of nitrogens with one attached hydrogen (secondary N) is 4. The lowest BCUT2D eigenvalue weighted by atomic mass is 9.78. The molecule has 11 aromatic rings. The topological polar surface area (TPSA) is 115 Å². The highest BCUT2D eigenvalue weighted by molar-refractivity contribution is 6.01. The maximum atomic E-state index is 5.79. The van der Waals surface area contributed by atoms with Crippen molar-refractivity contribution in [3.8, 4) is 55.6 Å². The average molecular weight is 1250 g/mol. The van der Waals surface area contributed by atoms with Crippen molar-refractivity contribution in [2.75, 3.05) is 0 Å². The molecule has 16 bridgehead atoms. The van der Waals surface area contributed by atoms with Crippen molar-refractivity contribution in [3.63, 3.8) is 0 Å². The predicted octanol–water partition coefficient (Wildman–Crippen LogP) is 23.3. The van der Waals surface area contributed by atoms with Crippen LogP contribution in [0.4, 0.5) is 0 Å². The molecule has 0 spiro atoms. The third-order valence-corrected chi connectivity index (χ3v) is 18.9. The van der Waals surface area contributed by atoms with Crippen LogP contribution < -0.4 is 0 Å². The Morgan fingerprint density at radius 1 is 0.250 bits per heavy atom. The number of aromatic nitrogens is 8. The van der Waals surface area contributed by atoms with Gasteiger partial charge in [-0.05, 0) is 187 Å². The zero-order valence-electron chi connectivity index (χ0n) is 56.9. The molecule has 0 saturated heterocycles. The molecule has 8 nitrogen and oxygen atoms in total. The molecular weight excluding hydrogens is 1170 g/mol. The molecule has 472 valence electrons. The summed E-state index contributed by atoms with van der Waals surface area (Å²) in [6.45, 7) is 27.6. The third-order valence-electron chi connectivity index (χ3n) is 18.9. The van der Waals surface area contributed by atoms with Crippen LogP contribution in [0.5, 0.6) is 0 Å². The van der Waals surface area contributed by atoms with E-state index in [-0.39, 0.29) is 21.7 Å². The van der Waals surface area contributed by atoms with Crippen LogP contribution in [-0.4, -0.2) is 39.9 Å². The molecule has 8 heteroatoms. The second kappa shape index (κ2) is 23.5. The Balaban J connectivity index is 1.06. The maximum Gasteiger partial charge on any atom is 0.0737 e. The van der Waals surface area contributed by atoms with Gasteiger partial charge in [-0.2, -0.15) is 0 Å². The molecule has 0 radical (unpaired) electrons. The predicted molar refractivity (Wildman–Crippen MR) is 409 cm³/mol. The molecule has 15 rings (SSSR count). The Labute approximate surface area is 562 Å². The summed E-state index contributed by atoms with van der Waals surface area (Å²) in [6.07, 6.45) is 21.8. The summed E-state index contributed by atoms with van der Waals surface area (Å²) in [5, 5.41) is 0. The molecule has 6 aromatic heterocycles. The molecule has 4 aliphatic heterocycles. The van der Waals surface area contributed by atoms with Crippen molar-refractivity contribution in [1.29, 1.82) is 0 Å². The Kier molecular flexibility index (Phi) is 15.0. The van der Waals surface area contributed by atoms with E-state index in [1.165, 1.54) is 22.3 Å². The number of nitrogens with zero attached hydrogens (tertiary/aromatic N) is 4. The summed E-state index contributed by atoms with van der Waals surface area (Å²) in [7, 11) is 0. The lowest BCUT2D eigenvalue weighted by molar-refractivity contribution is 0.568. The number of hydrogen-bond donors (Lipinski definition) is 4. The molecule has 96 heavy (non-hydrogen) atoms. The summed E-state index contributed by atoms with van der Waals surface area (Å²) >= 11 is 0. The van der Waals surface area contributed by atoms with E-state index in [1.807, 2.05) is 0 Å². The number of rotatable bonds is 7. The van der Waals surface area contributed by atoms with Crippen LogP contribution in [0, 0.1) is 0 Å². The maximum absolute atomic E-state index is 5.79. The Hall–Kier alpha value is -11.0. The first-order valence-corrected chi connectivity index (χ1v) is 33.5. The molecule has 10 heterocycles. The van der Waals surface area contributed by atoms with Crippen LogP contribution in [0.2, 0.25) is 0 Å². The second-order valence-electron chi connectivity index (χ2n) is 30.0. The van der Waals surface area contributed by atoms with Crippen molar-refractivity contribution in [1.82, 2.24) is 39.9 Å². The van der Waals surface area contributed by atoms with Crippen LogP contribution in [0.25, 0.3) is 161 Å². The van der Waals surface area contributed by atoms with Crippen molar-refractivity contribution in [2.45, 2.75) is 105 Å². The molecule has 0 fully saturated rings. The highest BCUT2D eigenvalue weighted by Gasteiger charge is 2.27. The van der Waals surface area contributed by atoms with E-state index in [1.54, 1.807) is 0 Å². The molecule has 4 N–H and O–H groups in total. The number of benzene rings is 5. The zero-order chi connectivity index (χ0) is 66.4. The highest BCUT2D eigenvalue weighted by atomic mass is 14.8. The molecule has 0 amide bonds. The van der Waals surface area contributed by atoms with Gasteiger partial charge >= 0.3 is 0 Å². The van der Waals surface area contributed by atoms with E-state index < -0.39 is 0 Å². The molecule has 4 aliphatic rings. The first-order valence-electron chi connectivity index (χ1n) is 33.5. The van der Waals surface area contributed by atoms with Crippen molar-refractivity contribution >= 4 is 105 Å². The van der Waals surface area contributed by atoms with Crippen molar-refractivity contribution in [2.24, 2.45) is 0 Å². The smallest absolute Gasteiger partial charge is 0.0737 e. The lowest BCUT2D eigenvalue weighted by Gasteiger charge is -2.26. The first-order chi connectivity index (χ1) is 46.0. The van der Waals surface area contributed by atoms with Crippen LogP contribution >= 0.6 is 0 Å². The van der Waals surface area contributed by atoms with Gasteiger partial charge in [-0.25, -0.2) is 19.9 Å². The standard InChI is InChI=1S/C88H80N8/c1-85(2,3)58-46-56(47-59(50-58)86(4,5)6)83-70-32-28-62(89-70)52-63-29-33-71(90-63)84(57-48-60(87(7,8)9)51-61(49-57)88(10,11)12)79-41-37-69(94-79)65(68-36-40-78(83)93-68)31-30-64-66-34-38-72(91-66)80(53-22-16-13-17-23-53)74-42-44-76(95-74)82(55-26-20-15-21-27-55)77-45-43-75(96-77)81(54-24-18-14-19-25-54)73-39-35-67(64)92-73/h13-52,89,91,94,96H,1-12H3/b31-30+,62-52?,63-52?,66-64?,67-64?,68-65?,69-65?,80-72?,80-74?,81-73?,81-75?,82-76?,82-77?,83-70?,83-78?,84-71?,84-79?. The first kappa shape index (κ1) is 61.2. The fourth-order valence-electron chi connectivity index (χ4n) is 13.5. The van der Waals surface area contributed by atoms with E-state index in [9.17, 15) is 0 Å². The van der Waals surface area contributed by atoms with Crippen LogP contribution in [0.1, 0.15) is 162 Å². The van der Waals surface area contributed by atoms with Gasteiger partial charge in [0.05, 0.1) is 45.6 Å². The number of hydrogen-bond acceptors (Lipinski definition) is 4. The van der Waals surface area contributed by atoms with E-state index in [0.717, 1.165) is 156 Å². The quantitative estimate of drug-likeness (QED) is 0.127. The molecular formula is C88H80N8. The number of aromatic amines is 4. The fraction of sp³-hybridized carbons (Fsp3) is 0.182. The summed E-state index contributed by atoms with van der Waals surface area (Å²) in [4.78, 5) is 38.3. The van der Waals surface area contributed by atoms with Gasteiger partial charge in [0.2, 0.25) is 0 Å². The van der Waals surface area contributed by atoms with Gasteiger partial charge in [-0.1, -0.05) is 210 Å². The van der Waals surface area contributed by atoms with Gasteiger partial charge in [0.15, 0.2) is 0 Å². The number of H-pyrrole nitrogens is 4. The van der Waals surface area contributed by atoms with Crippen LogP contribution in [0.15, 0.2) is 182 Å². The SMILES string of the molecule is CC(C)(C)c1cc(-c2c3nc(c(/C=C/c4c5nc(c(-c6ccccc6)c6ccc([nH]6)c(-c6ccccc6)c6nc(c(-c7ccccc7)c7ccc4[nH]7)C=C6)C=C5)c4ccc([nH]4)c(-c4cc(C(C)(C)C)cc(C(C)(C)C)c4)c4nc(cc5ccc2[nH]5)C=C4)C=C3)cc(C(C)(C)C)c1. The summed E-state index contributed by atoms with van der Waals surface area (Å²) in [6, 6.07) is 65.7. The molecule has 0 saturated carbocycles. The van der Waals surface area contributed by atoms with E-state index in [0.29, 0.717) is 0 Å². The van der Waals surface area contributed by atoms with Gasteiger partial charge in [-0.3, -0.25) is 0 Å². The number of fused-ring (bicyclic) bond motifs is 16. The lowest BCUT2D eigenvalue weighted by Crippen LogP contribution is -2.16. The van der Waals surface area contributed by atoms with E-state index in [2.05, 4.69) is 346 Å². The zero-order valence-corrected chi connectivity index (χ0v) is 56.9. The largest absolute Gasteiger partial charge is 0.355 e. The summed E-state index contributed by atoms with van der Waals surface area (Å²) < 4.78 is 0. The van der Waals surface area contributed by atoms with Crippen LogP contribution in [-0.2, 0) is 21.7 Å². The van der Waals surface area contributed by atoms with Crippen molar-refractivity contribution < 1.29 is 0 Å². The monoisotopic (exact) mass is 1250 g/mol. The van der Waals surface area contributed by atoms with E-state index >= 15 is 0 Å². The molecule has 0 unspecified atom stereocenters. The molecule has 0 aliphatic carbocycles. The Morgan fingerprint density at radius 3 is 0.896 bits per heavy atom. The summed E-state index contributed by atoms with van der Waals surface area (Å²) in [5.74, 6) is 0. The minimum absolute atomic E-state index is 0.118. The molecule has 5 aromatic carbocycles. The minimum Gasteiger partial charge on any atom is -0.355 e. The summed E-state index contributed by atoms with van der Waals surface area (Å²) in [5.41, 5.74) is 31.0. The van der Waals surface area contributed by atoms with E-state index in [4.69, 9.17) is 19.9 Å². The Morgan fingerprint density at radius 2 is 0.531 bits per heavy atom. The van der Waals surface area contributed by atoms with Gasteiger partial charge in [0.1, 0.15) is 0 Å². The highest BCUT2D eigenvalue weighted by Crippen LogP contribution is 2.43. The molecule has 0 atom stereocenters. The second-order valence-corrected chi connectivity index (χ2v) is 30.0. The average Bonchev–Trinajstić information content (AvgIpc) is 1.52. The van der Waals surface area contributed by atoms with Gasteiger partial charge in [-0.15, -0.1) is 0 Å². The van der Waals surface area contributed by atoms with Crippen molar-refractivity contribution in [3.05, 3.63) is 261 Å². The third kappa shape index (κ3) is 11.8. The minimum atomic E-state index is -0.118. The van der Waals surface area contributed by atoms with Gasteiger partial charge < -0.3 is 19.9 Å². The normalized spacial score (nSPS) is 13.2. The van der Waals surface area contributed by atoms with Crippen LogP contribution in [0.3, 0.4) is 0 Å². The van der Waals surface area contributed by atoms with Gasteiger partial charge in [0.25, 0.3) is 0 Å². The Bertz CT molecular complexity index is 5300. The fourth-order valence-corrected chi connectivity index (χ4v) is 13.5. The van der Waals surface area contributed by atoms with Gasteiger partial charge in [0, 0.05) is 83.1 Å².